The van der Waals surface area contributed by atoms with Crippen LogP contribution >= 0.6 is 0 Å². The third-order valence-corrected chi connectivity index (χ3v) is 3.29. The standard InChI is InChI=1S/C17H17NO4/c1-11-6-5-9-13(10-11)16(20)18-14(17(21)22)15(19)12-7-3-2-4-8-12/h2-10,14-15,19H,1H3,(H,18,20)(H,21,22). The van der Waals surface area contributed by atoms with Crippen molar-refractivity contribution >= 4 is 11.9 Å². The first-order valence-electron chi connectivity index (χ1n) is 6.82. The summed E-state index contributed by atoms with van der Waals surface area (Å²) >= 11 is 0. The van der Waals surface area contributed by atoms with Crippen LogP contribution in [0.15, 0.2) is 54.6 Å². The number of aliphatic hydroxyl groups is 1. The Hall–Kier alpha value is -2.66. The first-order valence-corrected chi connectivity index (χ1v) is 6.82. The van der Waals surface area contributed by atoms with Crippen LogP contribution in [0.1, 0.15) is 27.6 Å². The fraction of sp³-hybridized carbons (Fsp3) is 0.176. The Balaban J connectivity index is 2.19. The lowest BCUT2D eigenvalue weighted by molar-refractivity contribution is -0.142. The fourth-order valence-corrected chi connectivity index (χ4v) is 2.13. The van der Waals surface area contributed by atoms with Gasteiger partial charge in [-0.05, 0) is 24.6 Å². The molecule has 22 heavy (non-hydrogen) atoms. The Morgan fingerprint density at radius 1 is 1.05 bits per heavy atom. The van der Waals surface area contributed by atoms with E-state index in [1.807, 2.05) is 13.0 Å². The van der Waals surface area contributed by atoms with Gasteiger partial charge in [-0.2, -0.15) is 0 Å². The van der Waals surface area contributed by atoms with Gasteiger partial charge < -0.3 is 15.5 Å². The van der Waals surface area contributed by atoms with E-state index >= 15 is 0 Å². The zero-order chi connectivity index (χ0) is 16.1. The maximum absolute atomic E-state index is 12.2. The maximum Gasteiger partial charge on any atom is 0.329 e. The summed E-state index contributed by atoms with van der Waals surface area (Å²) in [5.74, 6) is -1.83. The van der Waals surface area contributed by atoms with Gasteiger partial charge in [-0.15, -0.1) is 0 Å². The quantitative estimate of drug-likeness (QED) is 0.787. The van der Waals surface area contributed by atoms with Crippen LogP contribution in [-0.4, -0.2) is 28.1 Å². The van der Waals surface area contributed by atoms with Crippen LogP contribution < -0.4 is 5.32 Å². The third-order valence-electron chi connectivity index (χ3n) is 3.29. The first-order chi connectivity index (χ1) is 10.5. The molecule has 0 aliphatic carbocycles. The lowest BCUT2D eigenvalue weighted by atomic mass is 10.0. The number of benzene rings is 2. The monoisotopic (exact) mass is 299 g/mol. The molecule has 3 N–H and O–H groups in total. The van der Waals surface area contributed by atoms with E-state index in [1.165, 1.54) is 0 Å². The zero-order valence-corrected chi connectivity index (χ0v) is 12.1. The summed E-state index contributed by atoms with van der Waals surface area (Å²) in [5, 5.41) is 21.9. The Morgan fingerprint density at radius 2 is 1.73 bits per heavy atom. The van der Waals surface area contributed by atoms with Crippen molar-refractivity contribution in [3.05, 3.63) is 71.3 Å². The number of hydrogen-bond acceptors (Lipinski definition) is 3. The van der Waals surface area contributed by atoms with Gasteiger partial charge in [0.2, 0.25) is 0 Å². The highest BCUT2D eigenvalue weighted by atomic mass is 16.4. The molecule has 114 valence electrons. The van der Waals surface area contributed by atoms with Gasteiger partial charge in [0.15, 0.2) is 6.04 Å². The molecule has 0 bridgehead atoms. The minimum atomic E-state index is -1.42. The van der Waals surface area contributed by atoms with Gasteiger partial charge in [0.05, 0.1) is 0 Å². The summed E-state index contributed by atoms with van der Waals surface area (Å²) in [4.78, 5) is 23.5. The Bertz CT molecular complexity index is 669. The van der Waals surface area contributed by atoms with E-state index < -0.39 is 24.0 Å². The van der Waals surface area contributed by atoms with Gasteiger partial charge in [0.1, 0.15) is 6.10 Å². The van der Waals surface area contributed by atoms with Crippen molar-refractivity contribution in [2.75, 3.05) is 0 Å². The molecule has 2 unspecified atom stereocenters. The van der Waals surface area contributed by atoms with Gasteiger partial charge in [-0.3, -0.25) is 4.79 Å². The summed E-state index contributed by atoms with van der Waals surface area (Å²) in [6.07, 6.45) is -1.33. The Morgan fingerprint density at radius 3 is 2.32 bits per heavy atom. The van der Waals surface area contributed by atoms with Crippen LogP contribution in [0.3, 0.4) is 0 Å². The van der Waals surface area contributed by atoms with Gasteiger partial charge in [0, 0.05) is 5.56 Å². The smallest absolute Gasteiger partial charge is 0.329 e. The number of carboxylic acid groups (broad SMARTS) is 1. The van der Waals surface area contributed by atoms with Gasteiger partial charge in [0.25, 0.3) is 5.91 Å². The second-order valence-corrected chi connectivity index (χ2v) is 5.01. The number of aryl methyl sites for hydroxylation is 1. The molecule has 0 fully saturated rings. The van der Waals surface area contributed by atoms with E-state index in [0.29, 0.717) is 11.1 Å². The molecule has 0 aliphatic rings. The molecule has 0 saturated carbocycles. The number of rotatable bonds is 5. The molecular formula is C17H17NO4. The van der Waals surface area contributed by atoms with Crippen LogP contribution in [0.4, 0.5) is 0 Å². The van der Waals surface area contributed by atoms with Crippen LogP contribution in [0.2, 0.25) is 0 Å². The molecule has 0 aromatic heterocycles. The largest absolute Gasteiger partial charge is 0.480 e. The van der Waals surface area contributed by atoms with E-state index in [1.54, 1.807) is 48.5 Å². The summed E-state index contributed by atoms with van der Waals surface area (Å²) in [6.45, 7) is 1.84. The number of carboxylic acids is 1. The number of nitrogens with one attached hydrogen (secondary N) is 1. The Kier molecular flexibility index (Phi) is 4.91. The lowest BCUT2D eigenvalue weighted by Crippen LogP contribution is -2.45. The number of carbonyl (C=O) groups is 2. The molecule has 5 nitrogen and oxygen atoms in total. The molecule has 2 atom stereocenters. The molecule has 0 heterocycles. The van der Waals surface area contributed by atoms with Gasteiger partial charge in [-0.1, -0.05) is 48.0 Å². The number of aliphatic hydroxyl groups excluding tert-OH is 1. The molecule has 0 radical (unpaired) electrons. The highest BCUT2D eigenvalue weighted by Crippen LogP contribution is 2.17. The summed E-state index contributed by atoms with van der Waals surface area (Å²) in [5.41, 5.74) is 1.68. The number of carbonyl (C=O) groups excluding carboxylic acids is 1. The highest BCUT2D eigenvalue weighted by Gasteiger charge is 2.29. The third kappa shape index (κ3) is 3.71. The second kappa shape index (κ2) is 6.87. The Labute approximate surface area is 128 Å². The van der Waals surface area contributed by atoms with E-state index in [-0.39, 0.29) is 0 Å². The molecule has 0 aliphatic heterocycles. The van der Waals surface area contributed by atoms with Crippen molar-refractivity contribution in [2.45, 2.75) is 19.1 Å². The second-order valence-electron chi connectivity index (χ2n) is 5.01. The minimum absolute atomic E-state index is 0.353. The van der Waals surface area contributed by atoms with E-state index in [2.05, 4.69) is 5.32 Å². The average molecular weight is 299 g/mol. The minimum Gasteiger partial charge on any atom is -0.480 e. The summed E-state index contributed by atoms with van der Waals surface area (Å²) in [7, 11) is 0. The number of aliphatic carboxylic acids is 1. The van der Waals surface area contributed by atoms with Crippen LogP contribution in [0.25, 0.3) is 0 Å². The molecule has 2 aromatic rings. The van der Waals surface area contributed by atoms with Crippen molar-refractivity contribution < 1.29 is 19.8 Å². The molecule has 5 heteroatoms. The molecule has 0 spiro atoms. The molecule has 0 saturated heterocycles. The van der Waals surface area contributed by atoms with Crippen molar-refractivity contribution in [3.8, 4) is 0 Å². The van der Waals surface area contributed by atoms with Crippen molar-refractivity contribution in [3.63, 3.8) is 0 Å². The number of hydrogen-bond donors (Lipinski definition) is 3. The van der Waals surface area contributed by atoms with E-state index in [4.69, 9.17) is 0 Å². The predicted molar refractivity (Wildman–Crippen MR) is 81.5 cm³/mol. The predicted octanol–water partition coefficient (Wildman–Crippen LogP) is 1.91. The lowest BCUT2D eigenvalue weighted by Gasteiger charge is -2.21. The topological polar surface area (TPSA) is 86.6 Å². The van der Waals surface area contributed by atoms with Crippen molar-refractivity contribution in [2.24, 2.45) is 0 Å². The van der Waals surface area contributed by atoms with Gasteiger partial charge in [-0.25, -0.2) is 4.79 Å². The molecule has 1 amide bonds. The van der Waals surface area contributed by atoms with Gasteiger partial charge >= 0.3 is 5.97 Å². The summed E-state index contributed by atoms with van der Waals surface area (Å²) in [6, 6.07) is 13.8. The SMILES string of the molecule is Cc1cccc(C(=O)NC(C(=O)O)C(O)c2ccccc2)c1. The first kappa shape index (κ1) is 15.7. The fourth-order valence-electron chi connectivity index (χ4n) is 2.13. The van der Waals surface area contributed by atoms with Crippen molar-refractivity contribution in [1.82, 2.24) is 5.32 Å². The van der Waals surface area contributed by atoms with E-state index in [0.717, 1.165) is 5.56 Å². The molecule has 2 rings (SSSR count). The number of amides is 1. The summed E-state index contributed by atoms with van der Waals surface area (Å²) < 4.78 is 0. The molecule has 2 aromatic carbocycles. The van der Waals surface area contributed by atoms with Crippen LogP contribution in [0.5, 0.6) is 0 Å². The normalized spacial score (nSPS) is 13.2. The average Bonchev–Trinajstić information content (AvgIpc) is 2.52. The highest BCUT2D eigenvalue weighted by molar-refractivity contribution is 5.96. The zero-order valence-electron chi connectivity index (χ0n) is 12.1. The molecular weight excluding hydrogens is 282 g/mol. The van der Waals surface area contributed by atoms with E-state index in [9.17, 15) is 19.8 Å². The van der Waals surface area contributed by atoms with Crippen LogP contribution in [-0.2, 0) is 4.79 Å². The van der Waals surface area contributed by atoms with Crippen molar-refractivity contribution in [1.29, 1.82) is 0 Å². The maximum atomic E-state index is 12.2. The van der Waals surface area contributed by atoms with Crippen LogP contribution in [0, 0.1) is 6.92 Å².